The SMILES string of the molecule is CC(=O)NCC1CN(c2ccc(N3CCNCC3SC(=S)C(C=O)N3CCN(C)CC3)c(F)c2)C(=O)O1. The molecular weight excluding hydrogens is 519 g/mol. The predicted octanol–water partition coefficient (Wildman–Crippen LogP) is 0.898. The van der Waals surface area contributed by atoms with Gasteiger partial charge in [-0.1, -0.05) is 24.0 Å². The van der Waals surface area contributed by atoms with Gasteiger partial charge in [-0.25, -0.2) is 9.18 Å². The van der Waals surface area contributed by atoms with Crippen LogP contribution in [0.25, 0.3) is 0 Å². The number of anilines is 2. The lowest BCUT2D eigenvalue weighted by Crippen LogP contribution is -2.54. The predicted molar refractivity (Wildman–Crippen MR) is 146 cm³/mol. The first-order valence-corrected chi connectivity index (χ1v) is 13.6. The molecular formula is C24H33FN6O4S2. The molecule has 2 N–H and O–H groups in total. The van der Waals surface area contributed by atoms with Crippen molar-refractivity contribution >= 4 is 57.8 Å². The van der Waals surface area contributed by atoms with E-state index in [4.69, 9.17) is 17.0 Å². The summed E-state index contributed by atoms with van der Waals surface area (Å²) < 4.78 is 21.3. The van der Waals surface area contributed by atoms with Crippen molar-refractivity contribution in [1.29, 1.82) is 0 Å². The van der Waals surface area contributed by atoms with Gasteiger partial charge in [0.25, 0.3) is 0 Å². The number of thiocarbonyl (C=S) groups is 1. The van der Waals surface area contributed by atoms with E-state index in [9.17, 15) is 14.4 Å². The molecule has 4 rings (SSSR count). The topological polar surface area (TPSA) is 97.5 Å². The summed E-state index contributed by atoms with van der Waals surface area (Å²) in [7, 11) is 2.06. The van der Waals surface area contributed by atoms with Crippen LogP contribution in [0.2, 0.25) is 0 Å². The quantitative estimate of drug-likeness (QED) is 0.358. The van der Waals surface area contributed by atoms with Crippen LogP contribution >= 0.6 is 24.0 Å². The molecule has 202 valence electrons. The van der Waals surface area contributed by atoms with E-state index in [0.29, 0.717) is 35.2 Å². The molecule has 13 heteroatoms. The molecule has 3 aliphatic rings. The standard InChI is InChI=1S/C24H33FN6O4S2/c1-16(33)27-12-18-14-31(24(34)35-18)17-3-4-20(19(25)11-17)30-6-5-26-13-22(30)37-23(36)21(15-32)29-9-7-28(2)8-10-29/h3-4,11,15,18,21-22,26H,5-10,12-14H2,1-2H3,(H,27,33). The number of rotatable bonds is 8. The molecule has 0 radical (unpaired) electrons. The van der Waals surface area contributed by atoms with Crippen molar-refractivity contribution in [1.82, 2.24) is 20.4 Å². The van der Waals surface area contributed by atoms with Crippen LogP contribution in [0.3, 0.4) is 0 Å². The number of piperazine rings is 2. The third-order valence-electron chi connectivity index (χ3n) is 6.76. The maximum atomic E-state index is 15.4. The van der Waals surface area contributed by atoms with Gasteiger partial charge in [-0.2, -0.15) is 0 Å². The highest BCUT2D eigenvalue weighted by atomic mass is 32.2. The van der Waals surface area contributed by atoms with Gasteiger partial charge in [0, 0.05) is 52.7 Å². The molecule has 3 unspecified atom stereocenters. The summed E-state index contributed by atoms with van der Waals surface area (Å²) in [6.07, 6.45) is -0.169. The Balaban J connectivity index is 1.44. The number of hydrogen-bond acceptors (Lipinski definition) is 10. The van der Waals surface area contributed by atoms with Gasteiger partial charge in [0.2, 0.25) is 5.91 Å². The number of cyclic esters (lactones) is 1. The van der Waals surface area contributed by atoms with Crippen LogP contribution in [-0.2, 0) is 14.3 Å². The van der Waals surface area contributed by atoms with Crippen molar-refractivity contribution in [2.75, 3.05) is 75.8 Å². The fourth-order valence-electron chi connectivity index (χ4n) is 4.65. The van der Waals surface area contributed by atoms with E-state index in [-0.39, 0.29) is 24.4 Å². The third kappa shape index (κ3) is 6.77. The van der Waals surface area contributed by atoms with Crippen LogP contribution in [0.1, 0.15) is 6.92 Å². The number of benzene rings is 1. The van der Waals surface area contributed by atoms with Crippen LogP contribution in [0.5, 0.6) is 0 Å². The fourth-order valence-corrected chi connectivity index (χ4v) is 6.34. The van der Waals surface area contributed by atoms with E-state index >= 15 is 4.39 Å². The summed E-state index contributed by atoms with van der Waals surface area (Å²) in [5.41, 5.74) is 0.803. The zero-order valence-electron chi connectivity index (χ0n) is 21.0. The molecule has 3 saturated heterocycles. The maximum absolute atomic E-state index is 15.4. The number of amides is 2. The van der Waals surface area contributed by atoms with Crippen molar-refractivity contribution in [3.05, 3.63) is 24.0 Å². The van der Waals surface area contributed by atoms with E-state index < -0.39 is 24.1 Å². The van der Waals surface area contributed by atoms with E-state index in [1.165, 1.54) is 29.7 Å². The minimum atomic E-state index is -0.577. The highest BCUT2D eigenvalue weighted by molar-refractivity contribution is 8.23. The molecule has 3 heterocycles. The van der Waals surface area contributed by atoms with Gasteiger partial charge in [-0.05, 0) is 25.2 Å². The smallest absolute Gasteiger partial charge is 0.414 e. The first-order chi connectivity index (χ1) is 17.8. The van der Waals surface area contributed by atoms with Gasteiger partial charge >= 0.3 is 6.09 Å². The number of thioether (sulfide) groups is 1. The van der Waals surface area contributed by atoms with E-state index in [2.05, 4.69) is 27.5 Å². The Morgan fingerprint density at radius 2 is 2.08 bits per heavy atom. The number of hydrogen-bond donors (Lipinski definition) is 2. The fraction of sp³-hybridized carbons (Fsp3) is 0.583. The molecule has 2 amide bonds. The van der Waals surface area contributed by atoms with Crippen molar-refractivity contribution in [2.24, 2.45) is 0 Å². The van der Waals surface area contributed by atoms with Gasteiger partial charge in [0.05, 0.1) is 34.0 Å². The van der Waals surface area contributed by atoms with Gasteiger partial charge in [0.15, 0.2) is 0 Å². The zero-order valence-corrected chi connectivity index (χ0v) is 22.7. The van der Waals surface area contributed by atoms with Crippen LogP contribution < -0.4 is 20.4 Å². The molecule has 1 aromatic rings. The summed E-state index contributed by atoms with van der Waals surface area (Å²) in [6, 6.07) is 4.23. The second kappa shape index (κ2) is 12.5. The number of nitrogens with one attached hydrogen (secondary N) is 2. The van der Waals surface area contributed by atoms with Gasteiger partial charge in [-0.15, -0.1) is 0 Å². The second-order valence-corrected chi connectivity index (χ2v) is 11.3. The lowest BCUT2D eigenvalue weighted by molar-refractivity contribution is -0.119. The van der Waals surface area contributed by atoms with Crippen molar-refractivity contribution in [3.8, 4) is 0 Å². The molecule has 0 aliphatic carbocycles. The minimum Gasteiger partial charge on any atom is -0.442 e. The largest absolute Gasteiger partial charge is 0.442 e. The average molecular weight is 553 g/mol. The lowest BCUT2D eigenvalue weighted by Gasteiger charge is -2.40. The third-order valence-corrected chi connectivity index (χ3v) is 8.45. The first kappa shape index (κ1) is 27.7. The number of aldehydes is 1. The highest BCUT2D eigenvalue weighted by Gasteiger charge is 2.34. The Labute approximate surface area is 225 Å². The number of halogens is 1. The number of carbonyl (C=O) groups is 3. The Morgan fingerprint density at radius 1 is 1.32 bits per heavy atom. The number of likely N-dealkylation sites (N-methyl/N-ethyl adjacent to an activating group) is 1. The Kier molecular flexibility index (Phi) is 9.35. The summed E-state index contributed by atoms with van der Waals surface area (Å²) in [5, 5.41) is 5.78. The molecule has 1 aromatic carbocycles. The summed E-state index contributed by atoms with van der Waals surface area (Å²) >= 11 is 7.12. The van der Waals surface area contributed by atoms with Gasteiger partial charge in [0.1, 0.15) is 24.2 Å². The normalized spacial score (nSPS) is 24.0. The minimum absolute atomic E-state index is 0.185. The highest BCUT2D eigenvalue weighted by Crippen LogP contribution is 2.32. The monoisotopic (exact) mass is 552 g/mol. The van der Waals surface area contributed by atoms with E-state index in [0.717, 1.165) is 32.5 Å². The molecule has 0 saturated carbocycles. The van der Waals surface area contributed by atoms with Crippen LogP contribution in [0.4, 0.5) is 20.6 Å². The van der Waals surface area contributed by atoms with Crippen molar-refractivity contribution in [3.63, 3.8) is 0 Å². The number of carbonyl (C=O) groups excluding carboxylic acids is 3. The Morgan fingerprint density at radius 3 is 2.76 bits per heavy atom. The van der Waals surface area contributed by atoms with Crippen LogP contribution in [0.15, 0.2) is 18.2 Å². The second-order valence-electron chi connectivity index (χ2n) is 9.40. The molecule has 3 aliphatic heterocycles. The van der Waals surface area contributed by atoms with Crippen LogP contribution in [0, 0.1) is 5.82 Å². The van der Waals surface area contributed by atoms with Crippen molar-refractivity contribution in [2.45, 2.75) is 24.4 Å². The maximum Gasteiger partial charge on any atom is 0.414 e. The molecule has 37 heavy (non-hydrogen) atoms. The Hall–Kier alpha value is -2.32. The number of nitrogens with zero attached hydrogens (tertiary/aromatic N) is 4. The summed E-state index contributed by atoms with van der Waals surface area (Å²) in [5.74, 6) is -0.671. The zero-order chi connectivity index (χ0) is 26.5. The van der Waals surface area contributed by atoms with Crippen LogP contribution in [-0.4, -0.2) is 116 Å². The lowest BCUT2D eigenvalue weighted by atomic mass is 10.2. The number of ether oxygens (including phenoxy) is 1. The first-order valence-electron chi connectivity index (χ1n) is 12.3. The molecule has 3 fully saturated rings. The molecule has 0 bridgehead atoms. The van der Waals surface area contributed by atoms with Gasteiger partial charge < -0.3 is 30.0 Å². The molecule has 0 spiro atoms. The molecule has 0 aromatic heterocycles. The average Bonchev–Trinajstić information content (AvgIpc) is 3.25. The molecule has 10 nitrogen and oxygen atoms in total. The van der Waals surface area contributed by atoms with Crippen molar-refractivity contribution < 1.29 is 23.5 Å². The molecule has 3 atom stereocenters. The Bertz CT molecular complexity index is 1020. The van der Waals surface area contributed by atoms with Gasteiger partial charge in [-0.3, -0.25) is 14.6 Å². The van der Waals surface area contributed by atoms with E-state index in [1.54, 1.807) is 12.1 Å². The summed E-state index contributed by atoms with van der Waals surface area (Å²) in [6.45, 7) is 6.96. The van der Waals surface area contributed by atoms with E-state index in [1.807, 2.05) is 4.90 Å². The summed E-state index contributed by atoms with van der Waals surface area (Å²) in [4.78, 5) is 43.1.